The van der Waals surface area contributed by atoms with Crippen molar-refractivity contribution < 1.29 is 19.4 Å². The molecule has 21 heavy (non-hydrogen) atoms. The number of para-hydroxylation sites is 1. The Labute approximate surface area is 124 Å². The zero-order chi connectivity index (χ0) is 15.3. The van der Waals surface area contributed by atoms with Gasteiger partial charge in [0.15, 0.2) is 5.78 Å². The third-order valence-electron chi connectivity index (χ3n) is 3.31. The SMILES string of the molecule is COc1ccccc1/C=C/C(=O)C1C=CC(O)(OC)C=C1. The monoisotopic (exact) mass is 286 g/mol. The summed E-state index contributed by atoms with van der Waals surface area (Å²) < 4.78 is 10.1. The van der Waals surface area contributed by atoms with E-state index in [1.165, 1.54) is 25.3 Å². The first-order valence-corrected chi connectivity index (χ1v) is 6.59. The quantitative estimate of drug-likeness (QED) is 0.513. The molecule has 0 spiro atoms. The van der Waals surface area contributed by atoms with Crippen LogP contribution in [0.4, 0.5) is 0 Å². The second kappa shape index (κ2) is 6.52. The summed E-state index contributed by atoms with van der Waals surface area (Å²) in [6.45, 7) is 0. The average Bonchev–Trinajstić information content (AvgIpc) is 2.53. The fraction of sp³-hybridized carbons (Fsp3) is 0.235. The zero-order valence-electron chi connectivity index (χ0n) is 12.0. The van der Waals surface area contributed by atoms with Gasteiger partial charge in [-0.1, -0.05) is 30.4 Å². The molecule has 2 rings (SSSR count). The highest BCUT2D eigenvalue weighted by atomic mass is 16.6. The van der Waals surface area contributed by atoms with Crippen LogP contribution in [0, 0.1) is 5.92 Å². The lowest BCUT2D eigenvalue weighted by Gasteiger charge is -2.22. The maximum absolute atomic E-state index is 12.1. The number of carbonyl (C=O) groups excluding carboxylic acids is 1. The van der Waals surface area contributed by atoms with E-state index in [1.807, 2.05) is 24.3 Å². The topological polar surface area (TPSA) is 55.8 Å². The van der Waals surface area contributed by atoms with E-state index in [0.29, 0.717) is 5.75 Å². The molecule has 0 saturated carbocycles. The van der Waals surface area contributed by atoms with Crippen LogP contribution in [-0.2, 0) is 9.53 Å². The maximum atomic E-state index is 12.1. The Balaban J connectivity index is 2.08. The van der Waals surface area contributed by atoms with Crippen molar-refractivity contribution in [2.24, 2.45) is 5.92 Å². The number of methoxy groups -OCH3 is 2. The molecule has 1 aromatic rings. The van der Waals surface area contributed by atoms with Crippen LogP contribution in [0.25, 0.3) is 6.08 Å². The Morgan fingerprint density at radius 1 is 1.24 bits per heavy atom. The van der Waals surface area contributed by atoms with Gasteiger partial charge < -0.3 is 14.6 Å². The summed E-state index contributed by atoms with van der Waals surface area (Å²) in [6.07, 6.45) is 9.41. The van der Waals surface area contributed by atoms with E-state index >= 15 is 0 Å². The predicted molar refractivity (Wildman–Crippen MR) is 80.8 cm³/mol. The molecule has 0 bridgehead atoms. The molecule has 0 aliphatic heterocycles. The average molecular weight is 286 g/mol. The number of aliphatic hydroxyl groups is 1. The Hall–Kier alpha value is -2.17. The first kappa shape index (κ1) is 15.2. The summed E-state index contributed by atoms with van der Waals surface area (Å²) in [5, 5.41) is 9.81. The Bertz CT molecular complexity index is 585. The first-order valence-electron chi connectivity index (χ1n) is 6.59. The van der Waals surface area contributed by atoms with Gasteiger partial charge >= 0.3 is 0 Å². The molecule has 4 nitrogen and oxygen atoms in total. The summed E-state index contributed by atoms with van der Waals surface area (Å²) >= 11 is 0. The Morgan fingerprint density at radius 2 is 1.90 bits per heavy atom. The number of rotatable bonds is 5. The number of hydrogen-bond acceptors (Lipinski definition) is 4. The lowest BCUT2D eigenvalue weighted by molar-refractivity contribution is -0.117. The van der Waals surface area contributed by atoms with Gasteiger partial charge in [-0.3, -0.25) is 4.79 Å². The number of hydrogen-bond donors (Lipinski definition) is 1. The van der Waals surface area contributed by atoms with Crippen molar-refractivity contribution in [2.75, 3.05) is 14.2 Å². The van der Waals surface area contributed by atoms with Crippen LogP contribution in [0.1, 0.15) is 5.56 Å². The maximum Gasteiger partial charge on any atom is 0.205 e. The highest BCUT2D eigenvalue weighted by Gasteiger charge is 2.24. The minimum atomic E-state index is -1.41. The van der Waals surface area contributed by atoms with Crippen molar-refractivity contribution in [3.8, 4) is 5.75 Å². The van der Waals surface area contributed by atoms with E-state index in [4.69, 9.17) is 9.47 Å². The second-order valence-corrected chi connectivity index (χ2v) is 4.68. The second-order valence-electron chi connectivity index (χ2n) is 4.68. The van der Waals surface area contributed by atoms with Crippen LogP contribution in [0.3, 0.4) is 0 Å². The van der Waals surface area contributed by atoms with Gasteiger partial charge in [-0.2, -0.15) is 0 Å². The summed E-state index contributed by atoms with van der Waals surface area (Å²) in [6, 6.07) is 7.46. The molecule has 110 valence electrons. The fourth-order valence-corrected chi connectivity index (χ4v) is 2.02. The molecule has 0 aromatic heterocycles. The van der Waals surface area contributed by atoms with Crippen molar-refractivity contribution >= 4 is 11.9 Å². The minimum Gasteiger partial charge on any atom is -0.496 e. The highest BCUT2D eigenvalue weighted by Crippen LogP contribution is 2.22. The molecule has 1 aliphatic carbocycles. The van der Waals surface area contributed by atoms with Crippen molar-refractivity contribution in [1.29, 1.82) is 0 Å². The van der Waals surface area contributed by atoms with Crippen LogP contribution in [0.2, 0.25) is 0 Å². The summed E-state index contributed by atoms with van der Waals surface area (Å²) in [4.78, 5) is 12.1. The third-order valence-corrected chi connectivity index (χ3v) is 3.31. The van der Waals surface area contributed by atoms with E-state index < -0.39 is 11.7 Å². The molecule has 0 heterocycles. The van der Waals surface area contributed by atoms with Crippen molar-refractivity contribution in [3.63, 3.8) is 0 Å². The molecule has 0 unspecified atom stereocenters. The van der Waals surface area contributed by atoms with E-state index in [0.717, 1.165) is 5.56 Å². The van der Waals surface area contributed by atoms with Gasteiger partial charge in [0.25, 0.3) is 0 Å². The highest BCUT2D eigenvalue weighted by molar-refractivity contribution is 5.98. The normalized spacial score (nSPS) is 24.4. The van der Waals surface area contributed by atoms with Crippen molar-refractivity contribution in [3.05, 3.63) is 60.2 Å². The summed E-state index contributed by atoms with van der Waals surface area (Å²) in [5.41, 5.74) is 0.838. The van der Waals surface area contributed by atoms with Crippen LogP contribution in [0.15, 0.2) is 54.6 Å². The van der Waals surface area contributed by atoms with E-state index in [1.54, 1.807) is 25.3 Å². The number of benzene rings is 1. The molecule has 4 heteroatoms. The minimum absolute atomic E-state index is 0.0773. The van der Waals surface area contributed by atoms with Gasteiger partial charge in [-0.15, -0.1) is 0 Å². The van der Waals surface area contributed by atoms with Crippen molar-refractivity contribution in [1.82, 2.24) is 0 Å². The standard InChI is InChI=1S/C17H18O4/c1-20-16-6-4-3-5-14(16)7-8-15(18)13-9-11-17(19,21-2)12-10-13/h3-13,19H,1-2H3/b8-7+. The molecular formula is C17H18O4. The Kier molecular flexibility index (Phi) is 4.73. The van der Waals surface area contributed by atoms with Crippen molar-refractivity contribution in [2.45, 2.75) is 5.79 Å². The van der Waals surface area contributed by atoms with E-state index in [2.05, 4.69) is 0 Å². The summed E-state index contributed by atoms with van der Waals surface area (Å²) in [5.74, 6) is -1.17. The molecule has 0 atom stereocenters. The molecule has 0 amide bonds. The van der Waals surface area contributed by atoms with Crippen LogP contribution in [0.5, 0.6) is 5.75 Å². The lowest BCUT2D eigenvalue weighted by Crippen LogP contribution is -2.28. The van der Waals surface area contributed by atoms with Gasteiger partial charge in [0.2, 0.25) is 5.79 Å². The van der Waals surface area contributed by atoms with Crippen LogP contribution >= 0.6 is 0 Å². The van der Waals surface area contributed by atoms with Gasteiger partial charge in [0.1, 0.15) is 5.75 Å². The van der Waals surface area contributed by atoms with Gasteiger partial charge in [-0.05, 0) is 30.4 Å². The first-order chi connectivity index (χ1) is 10.1. The van der Waals surface area contributed by atoms with Gasteiger partial charge in [0, 0.05) is 12.7 Å². The largest absolute Gasteiger partial charge is 0.496 e. The lowest BCUT2D eigenvalue weighted by atomic mass is 9.95. The molecule has 1 aromatic carbocycles. The van der Waals surface area contributed by atoms with Crippen LogP contribution in [-0.4, -0.2) is 30.9 Å². The fourth-order valence-electron chi connectivity index (χ4n) is 2.02. The summed E-state index contributed by atoms with van der Waals surface area (Å²) in [7, 11) is 2.99. The Morgan fingerprint density at radius 3 is 2.52 bits per heavy atom. The molecular weight excluding hydrogens is 268 g/mol. The molecule has 0 radical (unpaired) electrons. The predicted octanol–water partition coefficient (Wildman–Crippen LogP) is 2.35. The number of ketones is 1. The van der Waals surface area contributed by atoms with E-state index in [-0.39, 0.29) is 5.78 Å². The van der Waals surface area contributed by atoms with Crippen LogP contribution < -0.4 is 4.74 Å². The van der Waals surface area contributed by atoms with Gasteiger partial charge in [0.05, 0.1) is 13.0 Å². The van der Waals surface area contributed by atoms with E-state index in [9.17, 15) is 9.90 Å². The molecule has 0 fully saturated rings. The molecule has 0 saturated heterocycles. The number of carbonyl (C=O) groups is 1. The molecule has 1 aliphatic rings. The van der Waals surface area contributed by atoms with Gasteiger partial charge in [-0.25, -0.2) is 0 Å². The molecule has 1 N–H and O–H groups in total. The smallest absolute Gasteiger partial charge is 0.205 e. The zero-order valence-corrected chi connectivity index (χ0v) is 12.0. The number of allylic oxidation sites excluding steroid dienone is 3. The third kappa shape index (κ3) is 3.68. The number of ether oxygens (including phenoxy) is 2.